The van der Waals surface area contributed by atoms with Crippen LogP contribution in [0.4, 0.5) is 0 Å². The molecule has 114 valence electrons. The first kappa shape index (κ1) is 15.4. The first-order valence-electron chi connectivity index (χ1n) is 7.19. The Morgan fingerprint density at radius 2 is 2.25 bits per heavy atom. The monoisotopic (exact) mass is 282 g/mol. The first-order chi connectivity index (χ1) is 9.41. The van der Waals surface area contributed by atoms with E-state index in [4.69, 9.17) is 9.47 Å². The van der Waals surface area contributed by atoms with Crippen LogP contribution in [0.2, 0.25) is 0 Å². The van der Waals surface area contributed by atoms with Crippen molar-refractivity contribution in [3.8, 4) is 0 Å². The number of ether oxygens (including phenoxy) is 2. The molecule has 6 heteroatoms. The topological polar surface area (TPSA) is 52.4 Å². The van der Waals surface area contributed by atoms with E-state index < -0.39 is 0 Å². The standard InChI is InChI=1S/C14H26N4O2/c1-11(2)18-13(15-10-16-18)7-17-6-12(8-19-5)20-14(3,4)9-17/h10-12H,6-9H2,1-5H3/t12-/m0/s1. The van der Waals surface area contributed by atoms with Gasteiger partial charge in [-0.1, -0.05) is 0 Å². The Hall–Kier alpha value is -0.980. The lowest BCUT2D eigenvalue weighted by Crippen LogP contribution is -2.53. The van der Waals surface area contributed by atoms with Crippen LogP contribution >= 0.6 is 0 Å². The minimum atomic E-state index is -0.163. The lowest BCUT2D eigenvalue weighted by Gasteiger charge is -2.42. The molecule has 1 aliphatic rings. The van der Waals surface area contributed by atoms with E-state index in [1.807, 2.05) is 4.68 Å². The highest BCUT2D eigenvalue weighted by Crippen LogP contribution is 2.22. The van der Waals surface area contributed by atoms with E-state index in [9.17, 15) is 0 Å². The van der Waals surface area contributed by atoms with E-state index in [1.54, 1.807) is 13.4 Å². The average Bonchev–Trinajstić information content (AvgIpc) is 2.75. The van der Waals surface area contributed by atoms with Crippen molar-refractivity contribution in [2.75, 3.05) is 26.8 Å². The number of rotatable bonds is 5. The maximum atomic E-state index is 6.03. The Labute approximate surface area is 121 Å². The molecule has 0 N–H and O–H groups in total. The second-order valence-electron chi connectivity index (χ2n) is 6.34. The van der Waals surface area contributed by atoms with Crippen LogP contribution in [-0.4, -0.2) is 58.2 Å². The van der Waals surface area contributed by atoms with Gasteiger partial charge in [-0.2, -0.15) is 5.10 Å². The molecule has 1 aromatic heterocycles. The average molecular weight is 282 g/mol. The van der Waals surface area contributed by atoms with Crippen molar-refractivity contribution >= 4 is 0 Å². The number of methoxy groups -OCH3 is 1. The third kappa shape index (κ3) is 3.77. The van der Waals surface area contributed by atoms with E-state index in [0.717, 1.165) is 25.5 Å². The number of aromatic nitrogens is 3. The quantitative estimate of drug-likeness (QED) is 0.819. The Morgan fingerprint density at radius 1 is 1.50 bits per heavy atom. The molecule has 1 aliphatic heterocycles. The largest absolute Gasteiger partial charge is 0.382 e. The molecule has 1 aromatic rings. The fourth-order valence-electron chi connectivity index (χ4n) is 2.83. The van der Waals surface area contributed by atoms with Gasteiger partial charge in [0.1, 0.15) is 12.2 Å². The summed E-state index contributed by atoms with van der Waals surface area (Å²) < 4.78 is 13.2. The van der Waals surface area contributed by atoms with Gasteiger partial charge in [0.2, 0.25) is 0 Å². The van der Waals surface area contributed by atoms with Gasteiger partial charge in [-0.3, -0.25) is 4.90 Å². The van der Waals surface area contributed by atoms with Crippen LogP contribution in [0, 0.1) is 0 Å². The summed E-state index contributed by atoms with van der Waals surface area (Å²) in [5.74, 6) is 1.01. The summed E-state index contributed by atoms with van der Waals surface area (Å²) in [5.41, 5.74) is -0.163. The van der Waals surface area contributed by atoms with Crippen molar-refractivity contribution in [1.29, 1.82) is 0 Å². The third-order valence-corrected chi connectivity index (χ3v) is 3.41. The Balaban J connectivity index is 2.05. The highest BCUT2D eigenvalue weighted by molar-refractivity contribution is 4.91. The Bertz CT molecular complexity index is 431. The van der Waals surface area contributed by atoms with Crippen LogP contribution in [0.1, 0.15) is 39.6 Å². The summed E-state index contributed by atoms with van der Waals surface area (Å²) in [4.78, 5) is 6.76. The molecular weight excluding hydrogens is 256 g/mol. The molecule has 0 aliphatic carbocycles. The van der Waals surface area contributed by atoms with Gasteiger partial charge >= 0.3 is 0 Å². The normalized spacial score (nSPS) is 23.4. The highest BCUT2D eigenvalue weighted by Gasteiger charge is 2.33. The van der Waals surface area contributed by atoms with Crippen molar-refractivity contribution in [2.24, 2.45) is 0 Å². The molecular formula is C14H26N4O2. The molecule has 0 aromatic carbocycles. The lowest BCUT2D eigenvalue weighted by molar-refractivity contribution is -0.154. The predicted molar refractivity (Wildman–Crippen MR) is 76.5 cm³/mol. The van der Waals surface area contributed by atoms with Crippen LogP contribution in [0.5, 0.6) is 0 Å². The number of nitrogens with zero attached hydrogens (tertiary/aromatic N) is 4. The number of morpholine rings is 1. The SMILES string of the molecule is COC[C@@H]1CN(Cc2ncnn2C(C)C)CC(C)(C)O1. The highest BCUT2D eigenvalue weighted by atomic mass is 16.5. The van der Waals surface area contributed by atoms with Crippen LogP contribution in [0.15, 0.2) is 6.33 Å². The molecule has 0 amide bonds. The van der Waals surface area contributed by atoms with E-state index in [0.29, 0.717) is 12.6 Å². The summed E-state index contributed by atoms with van der Waals surface area (Å²) >= 11 is 0. The van der Waals surface area contributed by atoms with Gasteiger partial charge in [-0.15, -0.1) is 0 Å². The fourth-order valence-corrected chi connectivity index (χ4v) is 2.83. The van der Waals surface area contributed by atoms with Crippen LogP contribution in [0.3, 0.4) is 0 Å². The second kappa shape index (κ2) is 6.20. The number of hydrogen-bond donors (Lipinski definition) is 0. The smallest absolute Gasteiger partial charge is 0.141 e. The zero-order valence-corrected chi connectivity index (χ0v) is 13.2. The molecule has 0 bridgehead atoms. The summed E-state index contributed by atoms with van der Waals surface area (Å²) in [7, 11) is 1.71. The van der Waals surface area contributed by atoms with Gasteiger partial charge < -0.3 is 9.47 Å². The second-order valence-corrected chi connectivity index (χ2v) is 6.34. The summed E-state index contributed by atoms with van der Waals surface area (Å²) in [5, 5.41) is 4.30. The van der Waals surface area contributed by atoms with Crippen LogP contribution < -0.4 is 0 Å². The van der Waals surface area contributed by atoms with Crippen LogP contribution in [-0.2, 0) is 16.0 Å². The van der Waals surface area contributed by atoms with E-state index in [2.05, 4.69) is 42.7 Å². The van der Waals surface area contributed by atoms with Gasteiger partial charge in [0.25, 0.3) is 0 Å². The molecule has 2 heterocycles. The van der Waals surface area contributed by atoms with Crippen LogP contribution in [0.25, 0.3) is 0 Å². The minimum Gasteiger partial charge on any atom is -0.382 e. The van der Waals surface area contributed by atoms with Crippen molar-refractivity contribution in [3.63, 3.8) is 0 Å². The Kier molecular flexibility index (Phi) is 4.78. The summed E-state index contributed by atoms with van der Waals surface area (Å²) in [6.07, 6.45) is 1.74. The molecule has 2 rings (SSSR count). The molecule has 0 radical (unpaired) electrons. The zero-order valence-electron chi connectivity index (χ0n) is 13.2. The summed E-state index contributed by atoms with van der Waals surface area (Å²) in [6, 6.07) is 0.330. The van der Waals surface area contributed by atoms with Gasteiger partial charge in [-0.25, -0.2) is 9.67 Å². The van der Waals surface area contributed by atoms with Gasteiger partial charge in [0.05, 0.1) is 24.9 Å². The van der Waals surface area contributed by atoms with E-state index in [-0.39, 0.29) is 11.7 Å². The number of hydrogen-bond acceptors (Lipinski definition) is 5. The molecule has 1 saturated heterocycles. The molecule has 1 fully saturated rings. The maximum Gasteiger partial charge on any atom is 0.141 e. The summed E-state index contributed by atoms with van der Waals surface area (Å²) in [6.45, 7) is 11.6. The lowest BCUT2D eigenvalue weighted by atomic mass is 10.1. The maximum absolute atomic E-state index is 6.03. The van der Waals surface area contributed by atoms with Gasteiger partial charge in [0.15, 0.2) is 0 Å². The fraction of sp³-hybridized carbons (Fsp3) is 0.857. The third-order valence-electron chi connectivity index (χ3n) is 3.41. The molecule has 20 heavy (non-hydrogen) atoms. The predicted octanol–water partition coefficient (Wildman–Crippen LogP) is 1.48. The molecule has 0 spiro atoms. The van der Waals surface area contributed by atoms with Crippen molar-refractivity contribution in [3.05, 3.63) is 12.2 Å². The van der Waals surface area contributed by atoms with Crippen molar-refractivity contribution in [2.45, 2.75) is 52.0 Å². The molecule has 0 saturated carbocycles. The van der Waals surface area contributed by atoms with Crippen molar-refractivity contribution in [1.82, 2.24) is 19.7 Å². The first-order valence-corrected chi connectivity index (χ1v) is 7.19. The van der Waals surface area contributed by atoms with Gasteiger partial charge in [-0.05, 0) is 27.7 Å². The van der Waals surface area contributed by atoms with E-state index >= 15 is 0 Å². The van der Waals surface area contributed by atoms with Crippen molar-refractivity contribution < 1.29 is 9.47 Å². The zero-order chi connectivity index (χ0) is 14.8. The Morgan fingerprint density at radius 3 is 2.90 bits per heavy atom. The molecule has 6 nitrogen and oxygen atoms in total. The molecule has 0 unspecified atom stereocenters. The minimum absolute atomic E-state index is 0.110. The molecule has 1 atom stereocenters. The van der Waals surface area contributed by atoms with E-state index in [1.165, 1.54) is 0 Å². The van der Waals surface area contributed by atoms with Gasteiger partial charge in [0, 0.05) is 26.2 Å².